The first-order chi connectivity index (χ1) is 7.99. The van der Waals surface area contributed by atoms with E-state index in [1.165, 1.54) is 0 Å². The Morgan fingerprint density at radius 3 is 2.53 bits per heavy atom. The van der Waals surface area contributed by atoms with Crippen LogP contribution in [0.1, 0.15) is 37.4 Å². The standard InChI is InChI=1S/C15H16FN/c1-9-4-5-10-6-7-11(12-8-15(12,2)3)13(16)14(10)17-9/h4-7,12H,8H2,1-3H3. The predicted molar refractivity (Wildman–Crippen MR) is 67.6 cm³/mol. The van der Waals surface area contributed by atoms with Crippen molar-refractivity contribution < 1.29 is 4.39 Å². The number of pyridine rings is 1. The molecular formula is C15H16FN. The molecule has 1 aromatic carbocycles. The first-order valence-corrected chi connectivity index (χ1v) is 6.05. The summed E-state index contributed by atoms with van der Waals surface area (Å²) < 4.78 is 14.4. The molecule has 2 heteroatoms. The topological polar surface area (TPSA) is 12.9 Å². The molecule has 1 nitrogen and oxygen atoms in total. The summed E-state index contributed by atoms with van der Waals surface area (Å²) >= 11 is 0. The van der Waals surface area contributed by atoms with Gasteiger partial charge in [-0.25, -0.2) is 4.39 Å². The number of benzene rings is 1. The summed E-state index contributed by atoms with van der Waals surface area (Å²) in [5.74, 6) is 0.232. The molecule has 0 saturated heterocycles. The summed E-state index contributed by atoms with van der Waals surface area (Å²) in [6, 6.07) is 7.76. The highest BCUT2D eigenvalue weighted by atomic mass is 19.1. The lowest BCUT2D eigenvalue weighted by atomic mass is 10.0. The average molecular weight is 229 g/mol. The van der Waals surface area contributed by atoms with E-state index in [1.54, 1.807) is 0 Å². The molecule has 1 unspecified atom stereocenters. The fraction of sp³-hybridized carbons (Fsp3) is 0.400. The SMILES string of the molecule is Cc1ccc2ccc(C3CC3(C)C)c(F)c2n1. The van der Waals surface area contributed by atoms with Crippen molar-refractivity contribution in [2.24, 2.45) is 5.41 Å². The van der Waals surface area contributed by atoms with Crippen molar-refractivity contribution in [1.29, 1.82) is 0 Å². The number of nitrogens with zero attached hydrogens (tertiary/aromatic N) is 1. The highest BCUT2D eigenvalue weighted by Crippen LogP contribution is 2.59. The third kappa shape index (κ3) is 1.63. The van der Waals surface area contributed by atoms with Crippen LogP contribution in [0.15, 0.2) is 24.3 Å². The quantitative estimate of drug-likeness (QED) is 0.714. The van der Waals surface area contributed by atoms with Crippen LogP contribution in [0.5, 0.6) is 0 Å². The van der Waals surface area contributed by atoms with Crippen molar-refractivity contribution in [3.05, 3.63) is 41.3 Å². The van der Waals surface area contributed by atoms with Crippen molar-refractivity contribution >= 4 is 10.9 Å². The first-order valence-electron chi connectivity index (χ1n) is 6.05. The number of hydrogen-bond donors (Lipinski definition) is 0. The summed E-state index contributed by atoms with van der Waals surface area (Å²) in [5.41, 5.74) is 2.47. The lowest BCUT2D eigenvalue weighted by molar-refractivity contribution is 0.582. The Kier molecular flexibility index (Phi) is 2.07. The van der Waals surface area contributed by atoms with Gasteiger partial charge in [-0.1, -0.05) is 32.0 Å². The summed E-state index contributed by atoms with van der Waals surface area (Å²) in [5, 5.41) is 0.885. The third-order valence-electron chi connectivity index (χ3n) is 3.86. The summed E-state index contributed by atoms with van der Waals surface area (Å²) in [4.78, 5) is 4.32. The van der Waals surface area contributed by atoms with Crippen LogP contribution in [0, 0.1) is 18.2 Å². The van der Waals surface area contributed by atoms with Gasteiger partial charge in [-0.3, -0.25) is 4.98 Å². The molecule has 0 bridgehead atoms. The van der Waals surface area contributed by atoms with E-state index >= 15 is 0 Å². The Balaban J connectivity index is 2.19. The molecule has 0 spiro atoms. The monoisotopic (exact) mass is 229 g/mol. The van der Waals surface area contributed by atoms with Crippen LogP contribution in [0.4, 0.5) is 4.39 Å². The van der Waals surface area contributed by atoms with Gasteiger partial charge in [-0.05, 0) is 36.3 Å². The molecule has 0 N–H and O–H groups in total. The maximum absolute atomic E-state index is 14.4. The number of hydrogen-bond acceptors (Lipinski definition) is 1. The molecule has 0 aliphatic heterocycles. The molecule has 17 heavy (non-hydrogen) atoms. The summed E-state index contributed by atoms with van der Waals surface area (Å²) in [7, 11) is 0. The second-order valence-corrected chi connectivity index (χ2v) is 5.74. The van der Waals surface area contributed by atoms with E-state index in [1.807, 2.05) is 31.2 Å². The van der Waals surface area contributed by atoms with Gasteiger partial charge in [0, 0.05) is 11.1 Å². The van der Waals surface area contributed by atoms with Crippen LogP contribution in [0.25, 0.3) is 10.9 Å². The van der Waals surface area contributed by atoms with E-state index < -0.39 is 0 Å². The molecule has 0 amide bonds. The van der Waals surface area contributed by atoms with Crippen LogP contribution >= 0.6 is 0 Å². The molecule has 1 fully saturated rings. The minimum Gasteiger partial charge on any atom is -0.250 e. The second-order valence-electron chi connectivity index (χ2n) is 5.74. The van der Waals surface area contributed by atoms with Crippen molar-refractivity contribution in [3.8, 4) is 0 Å². The minimum absolute atomic E-state index is 0.123. The average Bonchev–Trinajstić information content (AvgIpc) is 2.89. The molecule has 88 valence electrons. The Labute approximate surface area is 101 Å². The zero-order valence-electron chi connectivity index (χ0n) is 10.4. The molecule has 1 aromatic heterocycles. The third-order valence-corrected chi connectivity index (χ3v) is 3.86. The highest BCUT2D eigenvalue weighted by Gasteiger charge is 2.47. The number of rotatable bonds is 1. The van der Waals surface area contributed by atoms with Crippen molar-refractivity contribution in [1.82, 2.24) is 4.98 Å². The fourth-order valence-corrected chi connectivity index (χ4v) is 2.53. The first kappa shape index (κ1) is 10.7. The zero-order valence-corrected chi connectivity index (χ0v) is 10.4. The van der Waals surface area contributed by atoms with Crippen molar-refractivity contribution in [2.45, 2.75) is 33.1 Å². The van der Waals surface area contributed by atoms with Crippen molar-refractivity contribution in [2.75, 3.05) is 0 Å². The predicted octanol–water partition coefficient (Wildman–Crippen LogP) is 4.20. The maximum atomic E-state index is 14.4. The zero-order chi connectivity index (χ0) is 12.2. The van der Waals surface area contributed by atoms with Gasteiger partial charge >= 0.3 is 0 Å². The molecule has 1 heterocycles. The molecule has 1 aliphatic carbocycles. The molecule has 1 atom stereocenters. The smallest absolute Gasteiger partial charge is 0.152 e. The molecular weight excluding hydrogens is 213 g/mol. The Morgan fingerprint density at radius 2 is 1.88 bits per heavy atom. The number of aryl methyl sites for hydroxylation is 1. The van der Waals surface area contributed by atoms with E-state index in [9.17, 15) is 4.39 Å². The van der Waals surface area contributed by atoms with E-state index in [0.717, 1.165) is 23.1 Å². The number of fused-ring (bicyclic) bond motifs is 1. The van der Waals surface area contributed by atoms with Crippen molar-refractivity contribution in [3.63, 3.8) is 0 Å². The maximum Gasteiger partial charge on any atom is 0.152 e. The Hall–Kier alpha value is -1.44. The molecule has 1 saturated carbocycles. The molecule has 2 aromatic rings. The van der Waals surface area contributed by atoms with Gasteiger partial charge in [0.2, 0.25) is 0 Å². The Bertz CT molecular complexity index is 601. The number of halogens is 1. The fourth-order valence-electron chi connectivity index (χ4n) is 2.53. The lowest BCUT2D eigenvalue weighted by Crippen LogP contribution is -1.96. The highest BCUT2D eigenvalue weighted by molar-refractivity contribution is 5.80. The van der Waals surface area contributed by atoms with Gasteiger partial charge in [0.25, 0.3) is 0 Å². The van der Waals surface area contributed by atoms with Gasteiger partial charge in [-0.15, -0.1) is 0 Å². The van der Waals surface area contributed by atoms with Gasteiger partial charge in [0.05, 0.1) is 0 Å². The second kappa shape index (κ2) is 3.28. The van der Waals surface area contributed by atoms with Crippen LogP contribution in [0.2, 0.25) is 0 Å². The van der Waals surface area contributed by atoms with Gasteiger partial charge in [0.15, 0.2) is 5.82 Å². The minimum atomic E-state index is -0.123. The summed E-state index contributed by atoms with van der Waals surface area (Å²) in [6.45, 7) is 6.27. The Morgan fingerprint density at radius 1 is 1.24 bits per heavy atom. The van der Waals surface area contributed by atoms with E-state index in [4.69, 9.17) is 0 Å². The summed E-state index contributed by atoms with van der Waals surface area (Å²) in [6.07, 6.45) is 1.07. The van der Waals surface area contributed by atoms with E-state index in [0.29, 0.717) is 11.4 Å². The largest absolute Gasteiger partial charge is 0.250 e. The molecule has 3 rings (SSSR count). The van der Waals surface area contributed by atoms with Crippen LogP contribution in [-0.4, -0.2) is 4.98 Å². The van der Waals surface area contributed by atoms with E-state index in [-0.39, 0.29) is 11.2 Å². The molecule has 1 aliphatic rings. The van der Waals surface area contributed by atoms with Crippen LogP contribution in [-0.2, 0) is 0 Å². The van der Waals surface area contributed by atoms with E-state index in [2.05, 4.69) is 18.8 Å². The van der Waals surface area contributed by atoms with Crippen LogP contribution < -0.4 is 0 Å². The lowest BCUT2D eigenvalue weighted by Gasteiger charge is -2.08. The van der Waals surface area contributed by atoms with Gasteiger partial charge in [0.1, 0.15) is 5.52 Å². The van der Waals surface area contributed by atoms with Gasteiger partial charge < -0.3 is 0 Å². The number of aromatic nitrogens is 1. The molecule has 0 radical (unpaired) electrons. The van der Waals surface area contributed by atoms with Crippen LogP contribution in [0.3, 0.4) is 0 Å². The van der Waals surface area contributed by atoms with Gasteiger partial charge in [-0.2, -0.15) is 0 Å². The normalized spacial score (nSPS) is 21.8.